The minimum absolute atomic E-state index is 0.162. The van der Waals surface area contributed by atoms with Crippen molar-refractivity contribution in [3.8, 4) is 0 Å². The Morgan fingerprint density at radius 3 is 2.24 bits per heavy atom. The minimum Gasteiger partial charge on any atom is -0.323 e. The van der Waals surface area contributed by atoms with Crippen molar-refractivity contribution in [1.29, 1.82) is 0 Å². The first-order valence-electron chi connectivity index (χ1n) is 10.8. The Morgan fingerprint density at radius 2 is 1.72 bits per heavy atom. The molecule has 2 aliphatic heterocycles. The summed E-state index contributed by atoms with van der Waals surface area (Å²) in [7, 11) is -3.51. The number of hydrogen-bond donors (Lipinski definition) is 1. The maximum absolute atomic E-state index is 13.1. The molecule has 0 aliphatic carbocycles. The van der Waals surface area contributed by atoms with E-state index in [0.29, 0.717) is 36.7 Å². The molecule has 0 radical (unpaired) electrons. The summed E-state index contributed by atoms with van der Waals surface area (Å²) in [6.45, 7) is 11.9. The Balaban J connectivity index is 1.80. The lowest BCUT2D eigenvalue weighted by Crippen LogP contribution is -2.60. The van der Waals surface area contributed by atoms with Crippen molar-refractivity contribution in [2.45, 2.75) is 70.5 Å². The van der Waals surface area contributed by atoms with E-state index in [0.717, 1.165) is 18.5 Å². The molecular weight excluding hydrogens is 386 g/mol. The number of hydrogen-bond acceptors (Lipinski definition) is 4. The average molecular weight is 422 g/mol. The molecule has 2 fully saturated rings. The zero-order valence-electron chi connectivity index (χ0n) is 18.3. The fraction of sp³-hybridized carbons (Fsp3) is 0.682. The van der Waals surface area contributed by atoms with Crippen LogP contribution in [0.25, 0.3) is 0 Å². The molecule has 0 saturated carbocycles. The molecule has 1 amide bonds. The van der Waals surface area contributed by atoms with E-state index < -0.39 is 15.7 Å². The number of amides is 1. The van der Waals surface area contributed by atoms with Crippen LogP contribution < -0.4 is 5.32 Å². The number of sulfonamides is 1. The van der Waals surface area contributed by atoms with Gasteiger partial charge in [0.2, 0.25) is 15.9 Å². The summed E-state index contributed by atoms with van der Waals surface area (Å²) in [5.41, 5.74) is 0.602. The van der Waals surface area contributed by atoms with Gasteiger partial charge in [-0.3, -0.25) is 10.1 Å². The summed E-state index contributed by atoms with van der Waals surface area (Å²) in [4.78, 5) is 15.5. The van der Waals surface area contributed by atoms with Crippen LogP contribution in [0.3, 0.4) is 0 Å². The van der Waals surface area contributed by atoms with Crippen molar-refractivity contribution in [3.63, 3.8) is 0 Å². The van der Waals surface area contributed by atoms with Crippen molar-refractivity contribution >= 4 is 15.9 Å². The predicted octanol–water partition coefficient (Wildman–Crippen LogP) is 2.98. The van der Waals surface area contributed by atoms with Crippen molar-refractivity contribution in [1.82, 2.24) is 14.5 Å². The molecule has 2 saturated heterocycles. The summed E-state index contributed by atoms with van der Waals surface area (Å²) < 4.78 is 27.7. The summed E-state index contributed by atoms with van der Waals surface area (Å²) in [6, 6.07) is 6.82. The molecule has 6 nitrogen and oxygen atoms in total. The highest BCUT2D eigenvalue weighted by Crippen LogP contribution is 2.36. The number of piperidine rings is 1. The van der Waals surface area contributed by atoms with Gasteiger partial charge in [-0.05, 0) is 43.7 Å². The SMILES string of the molecule is CC[C@H](C)CN1C(=O)[C@@H](C(C)C)NC12CCN(S(=O)(=O)c1ccc(C)cc1)CC2. The third-order valence-corrected chi connectivity index (χ3v) is 8.45. The second kappa shape index (κ2) is 8.36. The number of aryl methyl sites for hydroxylation is 1. The molecule has 7 heteroatoms. The van der Waals surface area contributed by atoms with Gasteiger partial charge < -0.3 is 4.90 Å². The Bertz CT molecular complexity index is 827. The van der Waals surface area contributed by atoms with E-state index in [-0.39, 0.29) is 17.9 Å². The molecule has 0 aromatic heterocycles. The molecule has 162 valence electrons. The van der Waals surface area contributed by atoms with Crippen LogP contribution in [0.2, 0.25) is 0 Å². The van der Waals surface area contributed by atoms with Gasteiger partial charge in [-0.15, -0.1) is 0 Å². The number of carbonyl (C=O) groups excluding carboxylic acids is 1. The summed E-state index contributed by atoms with van der Waals surface area (Å²) in [6.07, 6.45) is 2.24. The van der Waals surface area contributed by atoms with Gasteiger partial charge in [0.15, 0.2) is 0 Å². The summed E-state index contributed by atoms with van der Waals surface area (Å²) in [5.74, 6) is 0.781. The van der Waals surface area contributed by atoms with E-state index in [9.17, 15) is 13.2 Å². The zero-order valence-corrected chi connectivity index (χ0v) is 19.1. The Labute approximate surface area is 175 Å². The Kier molecular flexibility index (Phi) is 6.41. The van der Waals surface area contributed by atoms with E-state index in [4.69, 9.17) is 0 Å². The average Bonchev–Trinajstić information content (AvgIpc) is 2.95. The topological polar surface area (TPSA) is 69.7 Å². The Morgan fingerprint density at radius 1 is 1.14 bits per heavy atom. The van der Waals surface area contributed by atoms with Gasteiger partial charge in [-0.1, -0.05) is 51.8 Å². The lowest BCUT2D eigenvalue weighted by molar-refractivity contribution is -0.134. The van der Waals surface area contributed by atoms with Crippen molar-refractivity contribution in [2.75, 3.05) is 19.6 Å². The predicted molar refractivity (Wildman–Crippen MR) is 115 cm³/mol. The van der Waals surface area contributed by atoms with Crippen LogP contribution in [-0.4, -0.2) is 54.9 Å². The van der Waals surface area contributed by atoms with Gasteiger partial charge in [0.05, 0.1) is 16.6 Å². The third-order valence-electron chi connectivity index (χ3n) is 6.54. The quantitative estimate of drug-likeness (QED) is 0.767. The maximum Gasteiger partial charge on any atom is 0.243 e. The highest BCUT2D eigenvalue weighted by molar-refractivity contribution is 7.89. The van der Waals surface area contributed by atoms with Gasteiger partial charge in [0, 0.05) is 19.6 Å². The van der Waals surface area contributed by atoms with Crippen LogP contribution in [0, 0.1) is 18.8 Å². The molecule has 2 aliphatic rings. The maximum atomic E-state index is 13.1. The molecular formula is C22H35N3O3S. The van der Waals surface area contributed by atoms with Crippen LogP contribution >= 0.6 is 0 Å². The normalized spacial score (nSPS) is 23.9. The van der Waals surface area contributed by atoms with E-state index in [2.05, 4.69) is 33.0 Å². The number of carbonyl (C=O) groups is 1. The van der Waals surface area contributed by atoms with Gasteiger partial charge in [0.1, 0.15) is 0 Å². The number of benzene rings is 1. The van der Waals surface area contributed by atoms with E-state index in [1.807, 2.05) is 24.0 Å². The summed E-state index contributed by atoms with van der Waals surface area (Å²) in [5, 5.41) is 3.61. The first kappa shape index (κ1) is 22.2. The summed E-state index contributed by atoms with van der Waals surface area (Å²) >= 11 is 0. The third kappa shape index (κ3) is 4.23. The Hall–Kier alpha value is -1.44. The molecule has 0 bridgehead atoms. The number of nitrogens with zero attached hydrogens (tertiary/aromatic N) is 2. The van der Waals surface area contributed by atoms with Gasteiger partial charge in [0.25, 0.3) is 0 Å². The first-order valence-corrected chi connectivity index (χ1v) is 12.2. The highest BCUT2D eigenvalue weighted by Gasteiger charge is 2.53. The van der Waals surface area contributed by atoms with Crippen molar-refractivity contribution in [3.05, 3.63) is 29.8 Å². The monoisotopic (exact) mass is 421 g/mol. The fourth-order valence-electron chi connectivity index (χ4n) is 4.34. The van der Waals surface area contributed by atoms with Gasteiger partial charge in [-0.2, -0.15) is 4.31 Å². The van der Waals surface area contributed by atoms with Crippen LogP contribution in [0.4, 0.5) is 0 Å². The second-order valence-electron chi connectivity index (χ2n) is 9.08. The van der Waals surface area contributed by atoms with E-state index >= 15 is 0 Å². The van der Waals surface area contributed by atoms with Crippen molar-refractivity contribution in [2.24, 2.45) is 11.8 Å². The molecule has 2 atom stereocenters. The van der Waals surface area contributed by atoms with Crippen molar-refractivity contribution < 1.29 is 13.2 Å². The fourth-order valence-corrected chi connectivity index (χ4v) is 5.78. The standard InChI is InChI=1S/C22H35N3O3S/c1-6-17(4)15-25-21(26)20(16(2)3)23-22(25)11-13-24(14-12-22)29(27,28)19-9-7-18(5)8-10-19/h7-10,16-17,20,23H,6,11-15H2,1-5H3/t17-,20+/m0/s1. The lowest BCUT2D eigenvalue weighted by Gasteiger charge is -2.45. The smallest absolute Gasteiger partial charge is 0.243 e. The minimum atomic E-state index is -3.51. The molecule has 2 heterocycles. The molecule has 1 N–H and O–H groups in total. The zero-order chi connectivity index (χ0) is 21.4. The van der Waals surface area contributed by atoms with Crippen LogP contribution in [-0.2, 0) is 14.8 Å². The number of nitrogens with one attached hydrogen (secondary N) is 1. The first-order chi connectivity index (χ1) is 13.6. The lowest BCUT2D eigenvalue weighted by atomic mass is 9.95. The van der Waals surface area contributed by atoms with Crippen LogP contribution in [0.1, 0.15) is 52.5 Å². The largest absolute Gasteiger partial charge is 0.323 e. The highest BCUT2D eigenvalue weighted by atomic mass is 32.2. The number of rotatable bonds is 6. The van der Waals surface area contributed by atoms with E-state index in [1.54, 1.807) is 16.4 Å². The molecule has 1 aromatic carbocycles. The van der Waals surface area contributed by atoms with Crippen LogP contribution in [0.15, 0.2) is 29.2 Å². The van der Waals surface area contributed by atoms with E-state index in [1.165, 1.54) is 0 Å². The molecule has 0 unspecified atom stereocenters. The second-order valence-corrected chi connectivity index (χ2v) is 11.0. The molecule has 3 rings (SSSR count). The molecule has 1 spiro atoms. The van der Waals surface area contributed by atoms with Gasteiger partial charge >= 0.3 is 0 Å². The molecule has 29 heavy (non-hydrogen) atoms. The van der Waals surface area contributed by atoms with Gasteiger partial charge in [-0.25, -0.2) is 8.42 Å². The molecule has 1 aromatic rings. The van der Waals surface area contributed by atoms with Crippen LogP contribution in [0.5, 0.6) is 0 Å².